The second-order valence-corrected chi connectivity index (χ2v) is 8.34. The van der Waals surface area contributed by atoms with Crippen LogP contribution in [-0.4, -0.2) is 73.8 Å². The lowest BCUT2D eigenvalue weighted by molar-refractivity contribution is -0.140. The number of nitrogens with zero attached hydrogens (tertiary/aromatic N) is 1. The number of unbranched alkanes of at least 4 members (excludes halogenated alkanes) is 1. The lowest BCUT2D eigenvalue weighted by atomic mass is 10.1. The van der Waals surface area contributed by atoms with Crippen molar-refractivity contribution in [3.8, 4) is 0 Å². The molecule has 0 aliphatic heterocycles. The van der Waals surface area contributed by atoms with Gasteiger partial charge in [-0.1, -0.05) is 6.07 Å². The standard InChI is InChI=1S/C21H36N6O4S/c1-16(28)24-10-11-26-21(31)18(6-2-3-8-22)27(13-12-25-19(29)7-9-23)20(30)15-17-5-4-14-32-17/h4-5,14,18H,2-3,6-13,15,22-23H2,1H3,(H,24,28)(H,25,29)(H,26,31). The number of carbonyl (C=O) groups is 4. The Bertz CT molecular complexity index is 713. The first-order chi connectivity index (χ1) is 15.4. The second kappa shape index (κ2) is 16.2. The van der Waals surface area contributed by atoms with Gasteiger partial charge in [-0.3, -0.25) is 19.2 Å². The van der Waals surface area contributed by atoms with Crippen LogP contribution in [0.1, 0.15) is 37.5 Å². The third-order valence-corrected chi connectivity index (χ3v) is 5.56. The summed E-state index contributed by atoms with van der Waals surface area (Å²) in [4.78, 5) is 51.4. The lowest BCUT2D eigenvalue weighted by Gasteiger charge is -2.31. The summed E-state index contributed by atoms with van der Waals surface area (Å²) < 4.78 is 0. The summed E-state index contributed by atoms with van der Waals surface area (Å²) in [6.45, 7) is 3.12. The lowest BCUT2D eigenvalue weighted by Crippen LogP contribution is -2.53. The van der Waals surface area contributed by atoms with Gasteiger partial charge in [0, 0.05) is 50.9 Å². The third kappa shape index (κ3) is 11.2. The first kappa shape index (κ1) is 27.5. The minimum atomic E-state index is -0.697. The predicted molar refractivity (Wildman–Crippen MR) is 125 cm³/mol. The van der Waals surface area contributed by atoms with Gasteiger partial charge in [0.15, 0.2) is 0 Å². The number of amides is 4. The molecule has 0 aliphatic carbocycles. The molecule has 0 saturated heterocycles. The predicted octanol–water partition coefficient (Wildman–Crippen LogP) is -0.666. The molecule has 11 heteroatoms. The number of nitrogens with two attached hydrogens (primary N) is 2. The third-order valence-electron chi connectivity index (χ3n) is 4.68. The van der Waals surface area contributed by atoms with Crippen molar-refractivity contribution in [3.63, 3.8) is 0 Å². The molecule has 0 radical (unpaired) electrons. The Labute approximate surface area is 193 Å². The maximum absolute atomic E-state index is 13.1. The molecule has 0 fully saturated rings. The number of thiophene rings is 1. The van der Waals surface area contributed by atoms with Gasteiger partial charge in [0.2, 0.25) is 23.6 Å². The highest BCUT2D eigenvalue weighted by atomic mass is 32.1. The molecule has 1 unspecified atom stereocenters. The molecule has 4 amide bonds. The van der Waals surface area contributed by atoms with E-state index in [4.69, 9.17) is 11.5 Å². The average Bonchev–Trinajstić information content (AvgIpc) is 3.25. The molecule has 0 spiro atoms. The summed E-state index contributed by atoms with van der Waals surface area (Å²) in [5.41, 5.74) is 11.0. The van der Waals surface area contributed by atoms with Crippen molar-refractivity contribution >= 4 is 35.0 Å². The van der Waals surface area contributed by atoms with Crippen molar-refractivity contribution in [2.75, 3.05) is 39.3 Å². The first-order valence-electron chi connectivity index (χ1n) is 10.9. The van der Waals surface area contributed by atoms with Crippen LogP contribution in [0.2, 0.25) is 0 Å². The van der Waals surface area contributed by atoms with Crippen LogP contribution in [0.3, 0.4) is 0 Å². The molecule has 1 atom stereocenters. The Balaban J connectivity index is 2.90. The van der Waals surface area contributed by atoms with Gasteiger partial charge in [-0.15, -0.1) is 11.3 Å². The van der Waals surface area contributed by atoms with Crippen LogP contribution in [0.25, 0.3) is 0 Å². The Morgan fingerprint density at radius 1 is 1.03 bits per heavy atom. The van der Waals surface area contributed by atoms with Gasteiger partial charge in [-0.25, -0.2) is 0 Å². The monoisotopic (exact) mass is 468 g/mol. The van der Waals surface area contributed by atoms with Crippen LogP contribution in [0, 0.1) is 0 Å². The topological polar surface area (TPSA) is 160 Å². The van der Waals surface area contributed by atoms with Gasteiger partial charge in [0.1, 0.15) is 6.04 Å². The zero-order valence-electron chi connectivity index (χ0n) is 18.7. The first-order valence-corrected chi connectivity index (χ1v) is 11.8. The SMILES string of the molecule is CC(=O)NCCNC(=O)C(CCCCN)N(CCNC(=O)CCN)C(=O)Cc1cccs1. The van der Waals surface area contributed by atoms with Gasteiger partial charge in [-0.05, 0) is 37.3 Å². The molecule has 0 aromatic carbocycles. The van der Waals surface area contributed by atoms with E-state index in [0.29, 0.717) is 25.9 Å². The van der Waals surface area contributed by atoms with Gasteiger partial charge in [0.05, 0.1) is 6.42 Å². The maximum atomic E-state index is 13.1. The van der Waals surface area contributed by atoms with Crippen LogP contribution in [0.5, 0.6) is 0 Å². The Hall–Kier alpha value is -2.50. The van der Waals surface area contributed by atoms with Crippen LogP contribution in [0.15, 0.2) is 17.5 Å². The molecule has 0 aliphatic rings. The summed E-state index contributed by atoms with van der Waals surface area (Å²) in [6, 6.07) is 3.05. The minimum absolute atomic E-state index is 0.181. The number of rotatable bonds is 16. The maximum Gasteiger partial charge on any atom is 0.242 e. The molecule has 1 heterocycles. The molecule has 0 saturated carbocycles. The molecule has 10 nitrogen and oxygen atoms in total. The summed E-state index contributed by atoms with van der Waals surface area (Å²) in [5, 5.41) is 10.1. The molecule has 32 heavy (non-hydrogen) atoms. The van der Waals surface area contributed by atoms with E-state index in [9.17, 15) is 19.2 Å². The summed E-state index contributed by atoms with van der Waals surface area (Å²) in [5.74, 6) is -0.854. The highest BCUT2D eigenvalue weighted by Crippen LogP contribution is 2.15. The van der Waals surface area contributed by atoms with Gasteiger partial charge < -0.3 is 32.3 Å². The fourth-order valence-corrected chi connectivity index (χ4v) is 3.80. The quantitative estimate of drug-likeness (QED) is 0.202. The molecule has 7 N–H and O–H groups in total. The molecule has 1 aromatic heterocycles. The molecule has 1 rings (SSSR count). The number of hydrogen-bond acceptors (Lipinski definition) is 7. The Morgan fingerprint density at radius 3 is 2.41 bits per heavy atom. The van der Waals surface area contributed by atoms with E-state index in [1.165, 1.54) is 23.2 Å². The second-order valence-electron chi connectivity index (χ2n) is 7.31. The van der Waals surface area contributed by atoms with Crippen molar-refractivity contribution in [1.82, 2.24) is 20.9 Å². The summed E-state index contributed by atoms with van der Waals surface area (Å²) in [6.07, 6.45) is 2.25. The van der Waals surface area contributed by atoms with Crippen molar-refractivity contribution in [2.45, 2.75) is 45.1 Å². The van der Waals surface area contributed by atoms with E-state index < -0.39 is 6.04 Å². The Morgan fingerprint density at radius 2 is 1.78 bits per heavy atom. The van der Waals surface area contributed by atoms with Crippen LogP contribution < -0.4 is 27.4 Å². The van der Waals surface area contributed by atoms with E-state index >= 15 is 0 Å². The Kier molecular flexibility index (Phi) is 13.9. The zero-order chi connectivity index (χ0) is 23.8. The van der Waals surface area contributed by atoms with E-state index in [1.54, 1.807) is 0 Å². The summed E-state index contributed by atoms with van der Waals surface area (Å²) in [7, 11) is 0. The average molecular weight is 469 g/mol. The fourth-order valence-electron chi connectivity index (χ4n) is 3.11. The number of carbonyl (C=O) groups excluding carboxylic acids is 4. The van der Waals surface area contributed by atoms with Gasteiger partial charge >= 0.3 is 0 Å². The molecule has 1 aromatic rings. The van der Waals surface area contributed by atoms with Crippen molar-refractivity contribution in [1.29, 1.82) is 0 Å². The van der Waals surface area contributed by atoms with Crippen LogP contribution >= 0.6 is 11.3 Å². The number of nitrogens with one attached hydrogen (secondary N) is 3. The molecule has 180 valence electrons. The molecule has 0 bridgehead atoms. The summed E-state index contributed by atoms with van der Waals surface area (Å²) >= 11 is 1.48. The molecular formula is C21H36N6O4S. The fraction of sp³-hybridized carbons (Fsp3) is 0.619. The van der Waals surface area contributed by atoms with Gasteiger partial charge in [0.25, 0.3) is 0 Å². The molecular weight excluding hydrogens is 432 g/mol. The zero-order valence-corrected chi connectivity index (χ0v) is 19.5. The van der Waals surface area contributed by atoms with E-state index in [0.717, 1.165) is 11.3 Å². The van der Waals surface area contributed by atoms with Crippen molar-refractivity contribution < 1.29 is 19.2 Å². The van der Waals surface area contributed by atoms with E-state index in [-0.39, 0.29) is 62.6 Å². The highest BCUT2D eigenvalue weighted by molar-refractivity contribution is 7.10. The smallest absolute Gasteiger partial charge is 0.242 e. The largest absolute Gasteiger partial charge is 0.355 e. The van der Waals surface area contributed by atoms with E-state index in [2.05, 4.69) is 16.0 Å². The van der Waals surface area contributed by atoms with Crippen LogP contribution in [-0.2, 0) is 25.6 Å². The van der Waals surface area contributed by atoms with E-state index in [1.807, 2.05) is 17.5 Å². The van der Waals surface area contributed by atoms with Crippen molar-refractivity contribution in [3.05, 3.63) is 22.4 Å². The minimum Gasteiger partial charge on any atom is -0.355 e. The van der Waals surface area contributed by atoms with Crippen LogP contribution in [0.4, 0.5) is 0 Å². The highest BCUT2D eigenvalue weighted by Gasteiger charge is 2.29. The van der Waals surface area contributed by atoms with Gasteiger partial charge in [-0.2, -0.15) is 0 Å². The van der Waals surface area contributed by atoms with Crippen molar-refractivity contribution in [2.24, 2.45) is 11.5 Å². The normalized spacial score (nSPS) is 11.5. The number of hydrogen-bond donors (Lipinski definition) is 5.